The summed E-state index contributed by atoms with van der Waals surface area (Å²) in [6.07, 6.45) is 0. The van der Waals surface area contributed by atoms with Gasteiger partial charge < -0.3 is 15.2 Å². The quantitative estimate of drug-likeness (QED) is 0.833. The zero-order valence-electron chi connectivity index (χ0n) is 12.2. The summed E-state index contributed by atoms with van der Waals surface area (Å²) in [6.45, 7) is 2.47. The number of hydrogen-bond donors (Lipinski definition) is 1. The Kier molecular flexibility index (Phi) is 5.22. The van der Waals surface area contributed by atoms with Crippen LogP contribution >= 0.6 is 0 Å². The predicted molar refractivity (Wildman–Crippen MR) is 85.1 cm³/mol. The van der Waals surface area contributed by atoms with Crippen molar-refractivity contribution in [3.8, 4) is 11.5 Å². The molecule has 0 bridgehead atoms. The predicted octanol–water partition coefficient (Wildman–Crippen LogP) is 2.98. The van der Waals surface area contributed by atoms with Gasteiger partial charge in [0.15, 0.2) is 0 Å². The molecule has 1 atom stereocenters. The fourth-order valence-electron chi connectivity index (χ4n) is 2.03. The third-order valence-electron chi connectivity index (χ3n) is 2.99. The van der Waals surface area contributed by atoms with E-state index >= 15 is 0 Å². The number of ether oxygens (including phenoxy) is 2. The fourth-order valence-corrected chi connectivity index (χ4v) is 3.30. The third kappa shape index (κ3) is 3.76. The Morgan fingerprint density at radius 2 is 1.90 bits per heavy atom. The van der Waals surface area contributed by atoms with Gasteiger partial charge in [0.05, 0.1) is 35.2 Å². The van der Waals surface area contributed by atoms with Gasteiger partial charge in [-0.2, -0.15) is 0 Å². The van der Waals surface area contributed by atoms with Crippen LogP contribution in [0.15, 0.2) is 47.4 Å². The molecule has 2 aromatic carbocycles. The van der Waals surface area contributed by atoms with Crippen LogP contribution in [0.3, 0.4) is 0 Å². The van der Waals surface area contributed by atoms with E-state index in [9.17, 15) is 4.21 Å². The van der Waals surface area contributed by atoms with Crippen LogP contribution in [0.4, 0.5) is 5.69 Å². The average Bonchev–Trinajstić information content (AvgIpc) is 2.50. The Morgan fingerprint density at radius 3 is 2.62 bits per heavy atom. The van der Waals surface area contributed by atoms with Crippen LogP contribution in [0.2, 0.25) is 0 Å². The second kappa shape index (κ2) is 7.13. The number of anilines is 1. The molecule has 2 rings (SSSR count). The maximum atomic E-state index is 12.6. The lowest BCUT2D eigenvalue weighted by atomic mass is 10.2. The van der Waals surface area contributed by atoms with Crippen molar-refractivity contribution in [3.63, 3.8) is 0 Å². The molecule has 0 aromatic heterocycles. The van der Waals surface area contributed by atoms with Gasteiger partial charge in [-0.05, 0) is 37.3 Å². The molecule has 0 amide bonds. The molecule has 0 aliphatic carbocycles. The Morgan fingerprint density at radius 1 is 1.14 bits per heavy atom. The van der Waals surface area contributed by atoms with Crippen molar-refractivity contribution in [1.82, 2.24) is 0 Å². The molecule has 21 heavy (non-hydrogen) atoms. The highest BCUT2D eigenvalue weighted by Crippen LogP contribution is 2.28. The second-order valence-electron chi connectivity index (χ2n) is 4.44. The zero-order chi connectivity index (χ0) is 15.2. The van der Waals surface area contributed by atoms with Crippen LogP contribution in [-0.2, 0) is 16.6 Å². The van der Waals surface area contributed by atoms with E-state index in [0.29, 0.717) is 28.7 Å². The minimum absolute atomic E-state index is 0.334. The molecule has 1 unspecified atom stereocenters. The van der Waals surface area contributed by atoms with Gasteiger partial charge in [0, 0.05) is 11.3 Å². The molecule has 0 heterocycles. The Bertz CT molecular complexity index is 643. The van der Waals surface area contributed by atoms with Gasteiger partial charge in [-0.1, -0.05) is 12.1 Å². The van der Waals surface area contributed by atoms with Gasteiger partial charge in [-0.15, -0.1) is 0 Å². The lowest BCUT2D eigenvalue weighted by Gasteiger charge is -2.12. The third-order valence-corrected chi connectivity index (χ3v) is 4.39. The highest BCUT2D eigenvalue weighted by atomic mass is 32.2. The molecule has 0 aliphatic heterocycles. The summed E-state index contributed by atoms with van der Waals surface area (Å²) in [6, 6.07) is 12.7. The molecule has 0 aliphatic rings. The first kappa shape index (κ1) is 15.4. The van der Waals surface area contributed by atoms with E-state index in [2.05, 4.69) is 0 Å². The van der Waals surface area contributed by atoms with Crippen molar-refractivity contribution < 1.29 is 13.7 Å². The summed E-state index contributed by atoms with van der Waals surface area (Å²) in [5.41, 5.74) is 7.28. The first-order valence-corrected chi connectivity index (χ1v) is 8.00. The van der Waals surface area contributed by atoms with E-state index in [1.54, 1.807) is 25.3 Å². The standard InChI is InChI=1S/C16H19NO3S/c1-3-20-14-9-8-13(17)10-12(14)11-21(18)16-7-5-4-6-15(16)19-2/h4-10H,3,11,17H2,1-2H3. The van der Waals surface area contributed by atoms with Crippen LogP contribution < -0.4 is 15.2 Å². The largest absolute Gasteiger partial charge is 0.495 e. The second-order valence-corrected chi connectivity index (χ2v) is 5.86. The average molecular weight is 305 g/mol. The van der Waals surface area contributed by atoms with Crippen molar-refractivity contribution in [2.24, 2.45) is 0 Å². The maximum absolute atomic E-state index is 12.6. The van der Waals surface area contributed by atoms with Gasteiger partial charge in [0.2, 0.25) is 0 Å². The van der Waals surface area contributed by atoms with E-state index < -0.39 is 10.8 Å². The molecule has 0 saturated heterocycles. The lowest BCUT2D eigenvalue weighted by Crippen LogP contribution is -2.03. The van der Waals surface area contributed by atoms with Crippen LogP contribution in [-0.4, -0.2) is 17.9 Å². The highest BCUT2D eigenvalue weighted by molar-refractivity contribution is 7.84. The Hall–Kier alpha value is -2.01. The van der Waals surface area contributed by atoms with Gasteiger partial charge in [-0.3, -0.25) is 4.21 Å². The van der Waals surface area contributed by atoms with Crippen molar-refractivity contribution >= 4 is 16.5 Å². The van der Waals surface area contributed by atoms with Crippen molar-refractivity contribution in [1.29, 1.82) is 0 Å². The van der Waals surface area contributed by atoms with Crippen molar-refractivity contribution in [3.05, 3.63) is 48.0 Å². The van der Waals surface area contributed by atoms with Crippen LogP contribution in [0.1, 0.15) is 12.5 Å². The normalized spacial score (nSPS) is 11.9. The lowest BCUT2D eigenvalue weighted by molar-refractivity contribution is 0.337. The van der Waals surface area contributed by atoms with E-state index in [-0.39, 0.29) is 0 Å². The Labute approximate surface area is 127 Å². The van der Waals surface area contributed by atoms with E-state index in [1.165, 1.54) is 0 Å². The van der Waals surface area contributed by atoms with Crippen molar-refractivity contribution in [2.75, 3.05) is 19.5 Å². The molecular formula is C16H19NO3S. The van der Waals surface area contributed by atoms with Crippen LogP contribution in [0, 0.1) is 0 Å². The monoisotopic (exact) mass is 305 g/mol. The summed E-state index contributed by atoms with van der Waals surface area (Å²) < 4.78 is 23.4. The van der Waals surface area contributed by atoms with Gasteiger partial charge in [0.25, 0.3) is 0 Å². The minimum Gasteiger partial charge on any atom is -0.495 e. The molecule has 2 N–H and O–H groups in total. The SMILES string of the molecule is CCOc1ccc(N)cc1CS(=O)c1ccccc1OC. The topological polar surface area (TPSA) is 61.5 Å². The smallest absolute Gasteiger partial charge is 0.134 e. The first-order valence-electron chi connectivity index (χ1n) is 6.68. The van der Waals surface area contributed by atoms with Crippen LogP contribution in [0.25, 0.3) is 0 Å². The molecule has 0 radical (unpaired) electrons. The molecule has 0 spiro atoms. The van der Waals surface area contributed by atoms with E-state index in [0.717, 1.165) is 11.3 Å². The molecule has 0 fully saturated rings. The van der Waals surface area contributed by atoms with Gasteiger partial charge >= 0.3 is 0 Å². The number of rotatable bonds is 6. The number of para-hydroxylation sites is 1. The summed E-state index contributed by atoms with van der Waals surface area (Å²) in [7, 11) is 0.343. The van der Waals surface area contributed by atoms with E-state index in [1.807, 2.05) is 31.2 Å². The summed E-state index contributed by atoms with van der Waals surface area (Å²) in [4.78, 5) is 0.671. The number of methoxy groups -OCH3 is 1. The molecular weight excluding hydrogens is 286 g/mol. The first-order chi connectivity index (χ1) is 10.2. The summed E-state index contributed by atoms with van der Waals surface area (Å²) in [5.74, 6) is 1.67. The van der Waals surface area contributed by atoms with Gasteiger partial charge in [0.1, 0.15) is 11.5 Å². The van der Waals surface area contributed by atoms with Crippen LogP contribution in [0.5, 0.6) is 11.5 Å². The minimum atomic E-state index is -1.23. The van der Waals surface area contributed by atoms with E-state index in [4.69, 9.17) is 15.2 Å². The Balaban J connectivity index is 2.29. The molecule has 112 valence electrons. The number of nitrogens with two attached hydrogens (primary N) is 1. The zero-order valence-corrected chi connectivity index (χ0v) is 13.0. The molecule has 0 saturated carbocycles. The summed E-state index contributed by atoms with van der Waals surface area (Å²) in [5, 5.41) is 0. The molecule has 4 nitrogen and oxygen atoms in total. The summed E-state index contributed by atoms with van der Waals surface area (Å²) >= 11 is 0. The maximum Gasteiger partial charge on any atom is 0.134 e. The molecule has 2 aromatic rings. The molecule has 5 heteroatoms. The van der Waals surface area contributed by atoms with Crippen molar-refractivity contribution in [2.45, 2.75) is 17.6 Å². The number of benzene rings is 2. The number of hydrogen-bond acceptors (Lipinski definition) is 4. The number of nitrogen functional groups attached to an aromatic ring is 1. The highest BCUT2D eigenvalue weighted by Gasteiger charge is 2.14. The fraction of sp³-hybridized carbons (Fsp3) is 0.250. The van der Waals surface area contributed by atoms with Gasteiger partial charge in [-0.25, -0.2) is 0 Å².